The van der Waals surface area contributed by atoms with E-state index in [0.717, 1.165) is 0 Å². The molecule has 0 fully saturated rings. The van der Waals surface area contributed by atoms with Crippen molar-refractivity contribution in [3.05, 3.63) is 178 Å². The van der Waals surface area contributed by atoms with Crippen molar-refractivity contribution in [3.8, 4) is 0 Å². The molecule has 40 heavy (non-hydrogen) atoms. The van der Waals surface area contributed by atoms with Gasteiger partial charge in [0, 0.05) is 18.4 Å². The molecule has 0 bridgehead atoms. The van der Waals surface area contributed by atoms with E-state index >= 15 is 0 Å². The molecule has 0 saturated carbocycles. The van der Waals surface area contributed by atoms with Gasteiger partial charge in [0.1, 0.15) is 0 Å². The van der Waals surface area contributed by atoms with Gasteiger partial charge in [-0.15, -0.1) is 0 Å². The fourth-order valence-electron chi connectivity index (χ4n) is 6.50. The molecule has 0 saturated heterocycles. The largest absolute Gasteiger partial charge is 0.345 e. The first-order valence-corrected chi connectivity index (χ1v) is 14.2. The topological polar surface area (TPSA) is 3.24 Å². The summed E-state index contributed by atoms with van der Waals surface area (Å²) in [6.07, 6.45) is 2.40. The molecule has 1 heteroatoms. The van der Waals surface area contributed by atoms with E-state index < -0.39 is 5.41 Å². The van der Waals surface area contributed by atoms with Gasteiger partial charge in [-0.1, -0.05) is 121 Å². The summed E-state index contributed by atoms with van der Waals surface area (Å²) >= 11 is 0. The lowest BCUT2D eigenvalue weighted by Gasteiger charge is -2.37. The Bertz CT molecular complexity index is 1740. The van der Waals surface area contributed by atoms with Gasteiger partial charge >= 0.3 is 0 Å². The normalized spacial score (nSPS) is 12.6. The Morgan fingerprint density at radius 3 is 1.62 bits per heavy atom. The van der Waals surface area contributed by atoms with E-state index in [4.69, 9.17) is 0 Å². The Hall–Kier alpha value is -4.62. The Kier molecular flexibility index (Phi) is 6.01. The molecule has 0 atom stereocenters. The van der Waals surface area contributed by atoms with Gasteiger partial charge in [-0.2, -0.15) is 0 Å². The highest BCUT2D eigenvalue weighted by Crippen LogP contribution is 2.45. The fourth-order valence-corrected chi connectivity index (χ4v) is 6.50. The first kappa shape index (κ1) is 24.4. The van der Waals surface area contributed by atoms with Crippen molar-refractivity contribution < 1.29 is 0 Å². The monoisotopic (exact) mass is 515 g/mol. The van der Waals surface area contributed by atoms with Crippen LogP contribution in [0.5, 0.6) is 0 Å². The third-order valence-corrected chi connectivity index (χ3v) is 8.83. The molecule has 0 heterocycles. The first-order valence-electron chi connectivity index (χ1n) is 14.2. The lowest BCUT2D eigenvalue weighted by atomic mass is 9.65. The van der Waals surface area contributed by atoms with Crippen molar-refractivity contribution >= 4 is 22.1 Å². The molecule has 0 radical (unpaired) electrons. The maximum absolute atomic E-state index is 2.37. The van der Waals surface area contributed by atoms with E-state index in [1.54, 1.807) is 0 Å². The zero-order valence-corrected chi connectivity index (χ0v) is 23.1. The standard InChI is InChI=1S/C39H33N/c1-28-13-19-33(20-14-28)39(31-9-5-3-6-10-31,32-11-7-4-8-12-32)34-21-24-35(25-22-34)40(2)36-23-17-30-16-15-29-18-26-37(29)38(30)27-36/h3-17,19-25,27H,18,26H2,1-2H3. The van der Waals surface area contributed by atoms with Gasteiger partial charge in [0.15, 0.2) is 0 Å². The summed E-state index contributed by atoms with van der Waals surface area (Å²) in [7, 11) is 2.17. The van der Waals surface area contributed by atoms with E-state index in [0.29, 0.717) is 0 Å². The zero-order valence-electron chi connectivity index (χ0n) is 23.1. The summed E-state index contributed by atoms with van der Waals surface area (Å²) < 4.78 is 0. The van der Waals surface area contributed by atoms with Gasteiger partial charge in [-0.3, -0.25) is 0 Å². The van der Waals surface area contributed by atoms with Crippen molar-refractivity contribution in [1.82, 2.24) is 0 Å². The summed E-state index contributed by atoms with van der Waals surface area (Å²) in [6.45, 7) is 2.15. The van der Waals surface area contributed by atoms with Gasteiger partial charge < -0.3 is 4.90 Å². The number of nitrogens with zero attached hydrogens (tertiary/aromatic N) is 1. The van der Waals surface area contributed by atoms with Crippen LogP contribution in [0.15, 0.2) is 140 Å². The summed E-state index contributed by atoms with van der Waals surface area (Å²) in [5.74, 6) is 0. The molecule has 0 N–H and O–H groups in total. The quantitative estimate of drug-likeness (QED) is 0.200. The van der Waals surface area contributed by atoms with Crippen molar-refractivity contribution in [2.45, 2.75) is 25.2 Å². The van der Waals surface area contributed by atoms with Crippen LogP contribution in [0.2, 0.25) is 0 Å². The number of anilines is 2. The average molecular weight is 516 g/mol. The second kappa shape index (κ2) is 9.84. The van der Waals surface area contributed by atoms with Gasteiger partial charge in [0.2, 0.25) is 0 Å². The minimum Gasteiger partial charge on any atom is -0.345 e. The van der Waals surface area contributed by atoms with Crippen molar-refractivity contribution in [2.24, 2.45) is 0 Å². The third-order valence-electron chi connectivity index (χ3n) is 8.83. The predicted molar refractivity (Wildman–Crippen MR) is 169 cm³/mol. The molecule has 1 nitrogen and oxygen atoms in total. The molecular weight excluding hydrogens is 482 g/mol. The average Bonchev–Trinajstić information content (AvgIpc) is 2.99. The summed E-state index contributed by atoms with van der Waals surface area (Å²) in [5.41, 5.74) is 11.3. The van der Waals surface area contributed by atoms with Gasteiger partial charge in [-0.25, -0.2) is 0 Å². The highest BCUT2D eigenvalue weighted by atomic mass is 15.1. The van der Waals surface area contributed by atoms with Crippen molar-refractivity contribution in [2.75, 3.05) is 11.9 Å². The van der Waals surface area contributed by atoms with E-state index in [1.807, 2.05) is 0 Å². The Balaban J connectivity index is 1.36. The first-order chi connectivity index (χ1) is 19.6. The Morgan fingerprint density at radius 2 is 1.05 bits per heavy atom. The number of rotatable bonds is 6. The van der Waals surface area contributed by atoms with Gasteiger partial charge in [-0.05, 0) is 88.2 Å². The molecule has 0 unspecified atom stereocenters. The van der Waals surface area contributed by atoms with Crippen LogP contribution < -0.4 is 4.90 Å². The Labute approximate surface area is 237 Å². The molecule has 0 aliphatic heterocycles. The lowest BCUT2D eigenvalue weighted by molar-refractivity contribution is 0.744. The van der Waals surface area contributed by atoms with E-state index in [2.05, 4.69) is 158 Å². The molecule has 6 aromatic rings. The SMILES string of the molecule is Cc1ccc(C(c2ccccc2)(c2ccccc2)c2ccc(N(C)c3ccc4ccc5c(c4c3)CC5)cc2)cc1. The van der Waals surface area contributed by atoms with Crippen LogP contribution >= 0.6 is 0 Å². The number of aryl methyl sites for hydroxylation is 3. The molecule has 0 aromatic heterocycles. The summed E-state index contributed by atoms with van der Waals surface area (Å²) in [5, 5.41) is 2.73. The Morgan fingerprint density at radius 1 is 0.525 bits per heavy atom. The second-order valence-electron chi connectivity index (χ2n) is 11.1. The molecule has 0 amide bonds. The maximum Gasteiger partial charge on any atom is 0.0701 e. The molecule has 0 spiro atoms. The third kappa shape index (κ3) is 3.93. The number of hydrogen-bond donors (Lipinski definition) is 0. The highest BCUT2D eigenvalue weighted by Gasteiger charge is 2.38. The van der Waals surface area contributed by atoms with Gasteiger partial charge in [0.25, 0.3) is 0 Å². The summed E-state index contributed by atoms with van der Waals surface area (Å²) in [6, 6.07) is 51.5. The van der Waals surface area contributed by atoms with Crippen LogP contribution in [0, 0.1) is 6.92 Å². The zero-order chi connectivity index (χ0) is 27.1. The molecule has 6 aromatic carbocycles. The molecular formula is C39H33N. The van der Waals surface area contributed by atoms with Crippen LogP contribution in [0.1, 0.15) is 38.9 Å². The van der Waals surface area contributed by atoms with Crippen molar-refractivity contribution in [1.29, 1.82) is 0 Å². The van der Waals surface area contributed by atoms with Crippen LogP contribution in [0.4, 0.5) is 11.4 Å². The summed E-state index contributed by atoms with van der Waals surface area (Å²) in [4.78, 5) is 2.31. The van der Waals surface area contributed by atoms with Gasteiger partial charge in [0.05, 0.1) is 5.41 Å². The van der Waals surface area contributed by atoms with Crippen LogP contribution in [-0.4, -0.2) is 7.05 Å². The second-order valence-corrected chi connectivity index (χ2v) is 11.1. The molecule has 1 aliphatic carbocycles. The number of hydrogen-bond acceptors (Lipinski definition) is 1. The van der Waals surface area contributed by atoms with E-state index in [1.165, 1.54) is 73.9 Å². The lowest BCUT2D eigenvalue weighted by Crippen LogP contribution is -2.31. The van der Waals surface area contributed by atoms with E-state index in [-0.39, 0.29) is 0 Å². The molecule has 7 rings (SSSR count). The van der Waals surface area contributed by atoms with Crippen LogP contribution in [-0.2, 0) is 18.3 Å². The minimum atomic E-state index is -0.432. The predicted octanol–water partition coefficient (Wildman–Crippen LogP) is 9.40. The minimum absolute atomic E-state index is 0.432. The maximum atomic E-state index is 2.37. The van der Waals surface area contributed by atoms with Crippen LogP contribution in [0.3, 0.4) is 0 Å². The number of fused-ring (bicyclic) bond motifs is 3. The number of benzene rings is 6. The smallest absolute Gasteiger partial charge is 0.0701 e. The van der Waals surface area contributed by atoms with E-state index in [9.17, 15) is 0 Å². The highest BCUT2D eigenvalue weighted by molar-refractivity contribution is 5.91. The van der Waals surface area contributed by atoms with Crippen LogP contribution in [0.25, 0.3) is 10.8 Å². The molecule has 1 aliphatic rings. The van der Waals surface area contributed by atoms with Crippen molar-refractivity contribution in [3.63, 3.8) is 0 Å². The molecule has 194 valence electrons. The fraction of sp³-hybridized carbons (Fsp3) is 0.128.